The standard InChI is InChI=1S/C17H14FNO/c18-12-7-8-13-15-11(6-9-14(20)16(12)15)17(19-13)10-4-2-1-3-5-10/h1-5,7-8,11,17,19H,6,9H2. The molecular weight excluding hydrogens is 253 g/mol. The van der Waals surface area contributed by atoms with Gasteiger partial charge in [0.25, 0.3) is 0 Å². The van der Waals surface area contributed by atoms with E-state index in [0.717, 1.165) is 17.7 Å². The summed E-state index contributed by atoms with van der Waals surface area (Å²) in [5, 5.41) is 3.46. The number of ketones is 1. The molecule has 0 bridgehead atoms. The van der Waals surface area contributed by atoms with E-state index in [1.54, 1.807) is 6.07 Å². The maximum atomic E-state index is 14.0. The predicted octanol–water partition coefficient (Wildman–Crippen LogP) is 4.05. The quantitative estimate of drug-likeness (QED) is 0.844. The minimum absolute atomic E-state index is 0.0638. The van der Waals surface area contributed by atoms with Crippen LogP contribution in [0.25, 0.3) is 0 Å². The summed E-state index contributed by atoms with van der Waals surface area (Å²) in [6.07, 6.45) is 1.22. The summed E-state index contributed by atoms with van der Waals surface area (Å²) in [6, 6.07) is 13.5. The number of carbonyl (C=O) groups is 1. The Morgan fingerprint density at radius 2 is 1.90 bits per heavy atom. The fourth-order valence-electron chi connectivity index (χ4n) is 3.52. The van der Waals surface area contributed by atoms with Crippen LogP contribution in [0, 0.1) is 5.82 Å². The van der Waals surface area contributed by atoms with Gasteiger partial charge in [0.2, 0.25) is 0 Å². The molecule has 20 heavy (non-hydrogen) atoms. The number of hydrogen-bond donors (Lipinski definition) is 1. The van der Waals surface area contributed by atoms with Gasteiger partial charge in [-0.05, 0) is 29.7 Å². The molecule has 0 radical (unpaired) electrons. The van der Waals surface area contributed by atoms with Crippen molar-refractivity contribution in [1.82, 2.24) is 0 Å². The summed E-state index contributed by atoms with van der Waals surface area (Å²) in [5.41, 5.74) is 3.29. The van der Waals surface area contributed by atoms with E-state index in [2.05, 4.69) is 17.4 Å². The van der Waals surface area contributed by atoms with Gasteiger partial charge in [0, 0.05) is 18.0 Å². The van der Waals surface area contributed by atoms with Crippen LogP contribution in [0.3, 0.4) is 0 Å². The van der Waals surface area contributed by atoms with Crippen molar-refractivity contribution in [3.05, 3.63) is 65.0 Å². The van der Waals surface area contributed by atoms with Crippen LogP contribution in [0.5, 0.6) is 0 Å². The molecule has 2 aromatic rings. The molecule has 0 saturated carbocycles. The molecule has 0 aromatic heterocycles. The first-order valence-electron chi connectivity index (χ1n) is 6.93. The number of carbonyl (C=O) groups excluding carboxylic acids is 1. The Bertz CT molecular complexity index is 696. The molecule has 0 amide bonds. The van der Waals surface area contributed by atoms with Gasteiger partial charge in [-0.3, -0.25) is 4.79 Å². The first-order valence-corrected chi connectivity index (χ1v) is 6.93. The zero-order valence-corrected chi connectivity index (χ0v) is 10.9. The number of benzene rings is 2. The van der Waals surface area contributed by atoms with Crippen LogP contribution in [-0.4, -0.2) is 5.78 Å². The molecule has 0 fully saturated rings. The molecule has 2 aromatic carbocycles. The first kappa shape index (κ1) is 11.6. The van der Waals surface area contributed by atoms with E-state index in [9.17, 15) is 9.18 Å². The van der Waals surface area contributed by atoms with Crippen LogP contribution in [0.4, 0.5) is 10.1 Å². The number of rotatable bonds is 1. The van der Waals surface area contributed by atoms with Crippen molar-refractivity contribution < 1.29 is 9.18 Å². The minimum atomic E-state index is -0.381. The van der Waals surface area contributed by atoms with E-state index in [1.807, 2.05) is 18.2 Å². The molecule has 1 aliphatic heterocycles. The first-order chi connectivity index (χ1) is 9.75. The number of Topliss-reactive ketones (excluding diaryl/α,β-unsaturated/α-hetero) is 1. The van der Waals surface area contributed by atoms with Crippen molar-refractivity contribution in [2.75, 3.05) is 5.32 Å². The third-order valence-corrected chi connectivity index (χ3v) is 4.40. The van der Waals surface area contributed by atoms with Crippen molar-refractivity contribution >= 4 is 11.5 Å². The second-order valence-electron chi connectivity index (χ2n) is 5.48. The van der Waals surface area contributed by atoms with Crippen molar-refractivity contribution in [3.8, 4) is 0 Å². The van der Waals surface area contributed by atoms with Gasteiger partial charge in [-0.15, -0.1) is 0 Å². The Morgan fingerprint density at radius 3 is 2.70 bits per heavy atom. The fourth-order valence-corrected chi connectivity index (χ4v) is 3.52. The van der Waals surface area contributed by atoms with Gasteiger partial charge in [0.05, 0.1) is 11.6 Å². The molecule has 1 aliphatic carbocycles. The highest BCUT2D eigenvalue weighted by Crippen LogP contribution is 2.50. The summed E-state index contributed by atoms with van der Waals surface area (Å²) in [6.45, 7) is 0. The van der Waals surface area contributed by atoms with Crippen LogP contribution in [0.1, 0.15) is 46.3 Å². The molecule has 0 spiro atoms. The number of nitrogens with one attached hydrogen (secondary N) is 1. The van der Waals surface area contributed by atoms with E-state index in [4.69, 9.17) is 0 Å². The van der Waals surface area contributed by atoms with Gasteiger partial charge in [0.15, 0.2) is 5.78 Å². The van der Waals surface area contributed by atoms with Crippen molar-refractivity contribution in [1.29, 1.82) is 0 Å². The van der Waals surface area contributed by atoms with E-state index >= 15 is 0 Å². The van der Waals surface area contributed by atoms with Gasteiger partial charge in [-0.2, -0.15) is 0 Å². The SMILES string of the molecule is O=C1CCC2c3c(ccc(F)c31)NC2c1ccccc1. The van der Waals surface area contributed by atoms with E-state index < -0.39 is 0 Å². The van der Waals surface area contributed by atoms with Gasteiger partial charge in [0.1, 0.15) is 5.82 Å². The summed E-state index contributed by atoms with van der Waals surface area (Å²) < 4.78 is 14.0. The molecule has 1 heterocycles. The van der Waals surface area contributed by atoms with Crippen LogP contribution in [-0.2, 0) is 0 Å². The lowest BCUT2D eigenvalue weighted by molar-refractivity contribution is 0.0962. The number of halogens is 1. The number of anilines is 1. The van der Waals surface area contributed by atoms with Crippen LogP contribution < -0.4 is 5.32 Å². The maximum absolute atomic E-state index is 14.0. The summed E-state index contributed by atoms with van der Waals surface area (Å²) in [7, 11) is 0. The van der Waals surface area contributed by atoms with Crippen LogP contribution >= 0.6 is 0 Å². The average Bonchev–Trinajstić information content (AvgIpc) is 2.85. The molecule has 100 valence electrons. The third kappa shape index (κ3) is 1.52. The highest BCUT2D eigenvalue weighted by molar-refractivity contribution is 6.01. The van der Waals surface area contributed by atoms with E-state index in [0.29, 0.717) is 12.0 Å². The normalized spacial score (nSPS) is 23.4. The summed E-state index contributed by atoms with van der Waals surface area (Å²) in [5.74, 6) is -0.254. The van der Waals surface area contributed by atoms with Gasteiger partial charge < -0.3 is 5.32 Å². The molecule has 2 atom stereocenters. The monoisotopic (exact) mass is 267 g/mol. The minimum Gasteiger partial charge on any atom is -0.377 e. The lowest BCUT2D eigenvalue weighted by atomic mass is 9.78. The van der Waals surface area contributed by atoms with Crippen LogP contribution in [0.15, 0.2) is 42.5 Å². The van der Waals surface area contributed by atoms with E-state index in [-0.39, 0.29) is 23.6 Å². The lowest BCUT2D eigenvalue weighted by Crippen LogP contribution is -2.19. The molecule has 1 N–H and O–H groups in total. The Hall–Kier alpha value is -2.16. The van der Waals surface area contributed by atoms with Crippen molar-refractivity contribution in [2.24, 2.45) is 0 Å². The van der Waals surface area contributed by atoms with Gasteiger partial charge in [-0.1, -0.05) is 30.3 Å². The largest absolute Gasteiger partial charge is 0.377 e. The smallest absolute Gasteiger partial charge is 0.166 e. The average molecular weight is 267 g/mol. The topological polar surface area (TPSA) is 29.1 Å². The second-order valence-corrected chi connectivity index (χ2v) is 5.48. The Kier molecular flexibility index (Phi) is 2.43. The molecule has 0 saturated heterocycles. The molecule has 2 unspecified atom stereocenters. The molecule has 2 nitrogen and oxygen atoms in total. The zero-order chi connectivity index (χ0) is 13.7. The molecule has 2 aliphatic rings. The lowest BCUT2D eigenvalue weighted by Gasteiger charge is -2.25. The van der Waals surface area contributed by atoms with Gasteiger partial charge in [-0.25, -0.2) is 4.39 Å². The fraction of sp³-hybridized carbons (Fsp3) is 0.235. The molecule has 3 heteroatoms. The zero-order valence-electron chi connectivity index (χ0n) is 10.9. The number of hydrogen-bond acceptors (Lipinski definition) is 2. The van der Waals surface area contributed by atoms with Crippen molar-refractivity contribution in [3.63, 3.8) is 0 Å². The molecule has 4 rings (SSSR count). The van der Waals surface area contributed by atoms with E-state index in [1.165, 1.54) is 11.6 Å². The third-order valence-electron chi connectivity index (χ3n) is 4.40. The Morgan fingerprint density at radius 1 is 1.10 bits per heavy atom. The molecular formula is C17H14FNO. The predicted molar refractivity (Wildman–Crippen MR) is 75.5 cm³/mol. The highest BCUT2D eigenvalue weighted by atomic mass is 19.1. The Labute approximate surface area is 116 Å². The van der Waals surface area contributed by atoms with Gasteiger partial charge >= 0.3 is 0 Å². The maximum Gasteiger partial charge on any atom is 0.166 e. The summed E-state index contributed by atoms with van der Waals surface area (Å²) >= 11 is 0. The highest BCUT2D eigenvalue weighted by Gasteiger charge is 2.40. The second kappa shape index (κ2) is 4.17. The summed E-state index contributed by atoms with van der Waals surface area (Å²) in [4.78, 5) is 12.0. The van der Waals surface area contributed by atoms with Crippen molar-refractivity contribution in [2.45, 2.75) is 24.8 Å². The van der Waals surface area contributed by atoms with Crippen LogP contribution in [0.2, 0.25) is 0 Å². The Balaban J connectivity index is 1.87.